The van der Waals surface area contributed by atoms with Gasteiger partial charge in [-0.05, 0) is 24.3 Å². The predicted molar refractivity (Wildman–Crippen MR) is 76.3 cm³/mol. The maximum Gasteiger partial charge on any atom is 0.341 e. The first-order chi connectivity index (χ1) is 10.6. The Bertz CT molecular complexity index is 741. The minimum atomic E-state index is -0.664. The van der Waals surface area contributed by atoms with Gasteiger partial charge in [-0.3, -0.25) is 14.9 Å². The smallest absolute Gasteiger partial charge is 0.341 e. The molecule has 0 atom stereocenters. The molecule has 7 nitrogen and oxygen atoms in total. The second kappa shape index (κ2) is 6.49. The summed E-state index contributed by atoms with van der Waals surface area (Å²) in [6.45, 7) is 0. The fraction of sp³-hybridized carbons (Fsp3) is 0.0667. The van der Waals surface area contributed by atoms with Gasteiger partial charge in [-0.1, -0.05) is 12.1 Å². The van der Waals surface area contributed by atoms with Crippen LogP contribution in [-0.2, 0) is 4.74 Å². The third-order valence-corrected chi connectivity index (χ3v) is 2.83. The molecule has 0 saturated heterocycles. The highest BCUT2D eigenvalue weighted by atomic mass is 16.6. The molecule has 0 aromatic heterocycles. The van der Waals surface area contributed by atoms with E-state index in [9.17, 15) is 19.7 Å². The van der Waals surface area contributed by atoms with Crippen LogP contribution < -0.4 is 4.74 Å². The average molecular weight is 301 g/mol. The van der Waals surface area contributed by atoms with E-state index in [-0.39, 0.29) is 28.3 Å². The van der Waals surface area contributed by atoms with E-state index in [0.29, 0.717) is 6.29 Å². The zero-order valence-corrected chi connectivity index (χ0v) is 11.5. The van der Waals surface area contributed by atoms with Gasteiger partial charge in [0.2, 0.25) is 5.75 Å². The molecule has 2 rings (SSSR count). The van der Waals surface area contributed by atoms with Gasteiger partial charge >= 0.3 is 11.7 Å². The van der Waals surface area contributed by atoms with Crippen LogP contribution in [0.3, 0.4) is 0 Å². The number of nitro benzene ring substituents is 1. The largest absolute Gasteiger partial charge is 0.465 e. The van der Waals surface area contributed by atoms with Crippen molar-refractivity contribution in [1.29, 1.82) is 0 Å². The molecule has 0 aliphatic rings. The molecular formula is C15H11NO6. The number of rotatable bonds is 5. The summed E-state index contributed by atoms with van der Waals surface area (Å²) in [5, 5.41) is 11.1. The van der Waals surface area contributed by atoms with Gasteiger partial charge in [0.25, 0.3) is 0 Å². The van der Waals surface area contributed by atoms with Crippen LogP contribution in [0.2, 0.25) is 0 Å². The van der Waals surface area contributed by atoms with Crippen molar-refractivity contribution in [1.82, 2.24) is 0 Å². The summed E-state index contributed by atoms with van der Waals surface area (Å²) in [6.07, 6.45) is 0.499. The molecule has 0 heterocycles. The Morgan fingerprint density at radius 1 is 1.18 bits per heavy atom. The Kier molecular flexibility index (Phi) is 4.47. The highest BCUT2D eigenvalue weighted by Crippen LogP contribution is 2.33. The lowest BCUT2D eigenvalue weighted by Crippen LogP contribution is -2.04. The lowest BCUT2D eigenvalue weighted by Gasteiger charge is -2.10. The molecule has 22 heavy (non-hydrogen) atoms. The van der Waals surface area contributed by atoms with E-state index in [1.54, 1.807) is 12.1 Å². The van der Waals surface area contributed by atoms with Crippen LogP contribution in [-0.4, -0.2) is 24.3 Å². The van der Waals surface area contributed by atoms with Crippen molar-refractivity contribution in [2.75, 3.05) is 7.11 Å². The number of aldehydes is 1. The van der Waals surface area contributed by atoms with Crippen LogP contribution in [0.1, 0.15) is 20.7 Å². The summed E-state index contributed by atoms with van der Waals surface area (Å²) in [7, 11) is 1.22. The van der Waals surface area contributed by atoms with E-state index in [2.05, 4.69) is 4.74 Å². The summed E-state index contributed by atoms with van der Waals surface area (Å²) in [5.41, 5.74) is -0.0802. The Morgan fingerprint density at radius 2 is 1.91 bits per heavy atom. The highest BCUT2D eigenvalue weighted by Gasteiger charge is 2.19. The summed E-state index contributed by atoms with van der Waals surface area (Å²) in [4.78, 5) is 32.8. The molecule has 0 spiro atoms. The number of carbonyl (C=O) groups is 2. The molecule has 2 aromatic rings. The molecule has 0 aliphatic carbocycles. The average Bonchev–Trinajstić information content (AvgIpc) is 2.54. The molecule has 0 amide bonds. The lowest BCUT2D eigenvalue weighted by molar-refractivity contribution is -0.385. The van der Waals surface area contributed by atoms with Gasteiger partial charge in [-0.2, -0.15) is 0 Å². The molecule has 2 aromatic carbocycles. The second-order valence-electron chi connectivity index (χ2n) is 4.19. The van der Waals surface area contributed by atoms with Crippen LogP contribution in [0.25, 0.3) is 0 Å². The quantitative estimate of drug-likeness (QED) is 0.364. The molecule has 0 unspecified atom stereocenters. The van der Waals surface area contributed by atoms with Crippen molar-refractivity contribution < 1.29 is 24.0 Å². The molecule has 0 saturated carbocycles. The Balaban J connectivity index is 2.45. The van der Waals surface area contributed by atoms with Gasteiger partial charge in [-0.25, -0.2) is 4.79 Å². The topological polar surface area (TPSA) is 95.7 Å². The number of benzene rings is 2. The van der Waals surface area contributed by atoms with E-state index >= 15 is 0 Å². The second-order valence-corrected chi connectivity index (χ2v) is 4.19. The number of nitro groups is 1. The third-order valence-electron chi connectivity index (χ3n) is 2.83. The molecule has 0 bridgehead atoms. The predicted octanol–water partition coefficient (Wildman–Crippen LogP) is 2.99. The van der Waals surface area contributed by atoms with Crippen molar-refractivity contribution >= 4 is 17.9 Å². The molecule has 0 fully saturated rings. The minimum absolute atomic E-state index is 0.0769. The molecule has 112 valence electrons. The standard InChI is InChI=1S/C15H11NO6/c1-21-15(18)11-4-2-3-5-13(11)22-14-7-6-10(9-17)8-12(14)16(19)20/h2-9H,1H3. The summed E-state index contributed by atoms with van der Waals surface area (Å²) >= 11 is 0. The van der Waals surface area contributed by atoms with Crippen LogP contribution in [0.5, 0.6) is 11.5 Å². The molecule has 0 aliphatic heterocycles. The van der Waals surface area contributed by atoms with E-state index in [4.69, 9.17) is 4.74 Å². The Hall–Kier alpha value is -3.22. The van der Waals surface area contributed by atoms with Gasteiger partial charge in [0, 0.05) is 11.6 Å². The van der Waals surface area contributed by atoms with Crippen LogP contribution >= 0.6 is 0 Å². The van der Waals surface area contributed by atoms with E-state index in [1.807, 2.05) is 0 Å². The molecular weight excluding hydrogens is 290 g/mol. The normalized spacial score (nSPS) is 9.86. The number of carbonyl (C=O) groups excluding carboxylic acids is 2. The zero-order chi connectivity index (χ0) is 16.1. The first kappa shape index (κ1) is 15.2. The fourth-order valence-electron chi connectivity index (χ4n) is 1.79. The summed E-state index contributed by atoms with van der Waals surface area (Å²) in [5.74, 6) is -0.578. The molecule has 0 radical (unpaired) electrons. The van der Waals surface area contributed by atoms with Crippen molar-refractivity contribution in [3.8, 4) is 11.5 Å². The number of hydrogen-bond acceptors (Lipinski definition) is 6. The SMILES string of the molecule is COC(=O)c1ccccc1Oc1ccc(C=O)cc1[N+](=O)[O-]. The van der Waals surface area contributed by atoms with Gasteiger partial charge in [-0.15, -0.1) is 0 Å². The molecule has 0 N–H and O–H groups in total. The van der Waals surface area contributed by atoms with Crippen molar-refractivity contribution in [3.63, 3.8) is 0 Å². The number of nitrogens with zero attached hydrogens (tertiary/aromatic N) is 1. The van der Waals surface area contributed by atoms with Gasteiger partial charge < -0.3 is 9.47 Å². The zero-order valence-electron chi connectivity index (χ0n) is 11.5. The van der Waals surface area contributed by atoms with E-state index < -0.39 is 10.9 Å². The fourth-order valence-corrected chi connectivity index (χ4v) is 1.79. The van der Waals surface area contributed by atoms with Crippen molar-refractivity contribution in [2.24, 2.45) is 0 Å². The van der Waals surface area contributed by atoms with Crippen molar-refractivity contribution in [2.45, 2.75) is 0 Å². The number of methoxy groups -OCH3 is 1. The maximum absolute atomic E-state index is 11.7. The van der Waals surface area contributed by atoms with Crippen LogP contribution in [0, 0.1) is 10.1 Å². The Morgan fingerprint density at radius 3 is 2.55 bits per heavy atom. The maximum atomic E-state index is 11.7. The van der Waals surface area contributed by atoms with Gasteiger partial charge in [0.1, 0.15) is 17.6 Å². The summed E-state index contributed by atoms with van der Waals surface area (Å²) in [6, 6.07) is 9.99. The first-order valence-corrected chi connectivity index (χ1v) is 6.15. The van der Waals surface area contributed by atoms with Crippen LogP contribution in [0.15, 0.2) is 42.5 Å². The van der Waals surface area contributed by atoms with Gasteiger partial charge in [0.15, 0.2) is 0 Å². The summed E-state index contributed by atoms with van der Waals surface area (Å²) < 4.78 is 10.1. The van der Waals surface area contributed by atoms with Crippen molar-refractivity contribution in [3.05, 3.63) is 63.7 Å². The Labute approximate surface area is 125 Å². The monoisotopic (exact) mass is 301 g/mol. The number of hydrogen-bond donors (Lipinski definition) is 0. The van der Waals surface area contributed by atoms with Gasteiger partial charge in [0.05, 0.1) is 12.0 Å². The third kappa shape index (κ3) is 3.09. The molecule has 7 heteroatoms. The highest BCUT2D eigenvalue weighted by molar-refractivity contribution is 5.92. The first-order valence-electron chi connectivity index (χ1n) is 6.15. The van der Waals surface area contributed by atoms with E-state index in [0.717, 1.165) is 6.07 Å². The minimum Gasteiger partial charge on any atom is -0.465 e. The van der Waals surface area contributed by atoms with E-state index in [1.165, 1.54) is 31.4 Å². The lowest BCUT2D eigenvalue weighted by atomic mass is 10.2. The number of esters is 1. The number of para-hydroxylation sites is 1. The van der Waals surface area contributed by atoms with Crippen LogP contribution in [0.4, 0.5) is 5.69 Å². The number of ether oxygens (including phenoxy) is 2.